The highest BCUT2D eigenvalue weighted by molar-refractivity contribution is 6.30. The van der Waals surface area contributed by atoms with Crippen LogP contribution in [-0.4, -0.2) is 11.2 Å². The number of nitrogens with two attached hydrogens (primary N) is 1. The van der Waals surface area contributed by atoms with Crippen molar-refractivity contribution < 1.29 is 9.90 Å². The Morgan fingerprint density at radius 1 is 1.50 bits per heavy atom. The predicted molar refractivity (Wildman–Crippen MR) is 54.2 cm³/mol. The Bertz CT molecular complexity index is 342. The van der Waals surface area contributed by atoms with Gasteiger partial charge in [-0.05, 0) is 23.3 Å². The van der Waals surface area contributed by atoms with Crippen LogP contribution in [0.2, 0.25) is 5.02 Å². The number of halogens is 1. The molecular formula is C9H11ClN2O2. The van der Waals surface area contributed by atoms with Gasteiger partial charge < -0.3 is 16.2 Å². The molecule has 0 spiro atoms. The maximum Gasteiger partial charge on any atom is 0.404 e. The highest BCUT2D eigenvalue weighted by Crippen LogP contribution is 2.15. The van der Waals surface area contributed by atoms with Gasteiger partial charge in [0.2, 0.25) is 0 Å². The van der Waals surface area contributed by atoms with Gasteiger partial charge in [0.1, 0.15) is 0 Å². The molecule has 0 aromatic heterocycles. The molecule has 0 aliphatic carbocycles. The molecular weight excluding hydrogens is 204 g/mol. The van der Waals surface area contributed by atoms with E-state index in [2.05, 4.69) is 5.32 Å². The van der Waals surface area contributed by atoms with Crippen LogP contribution in [0.4, 0.5) is 4.79 Å². The van der Waals surface area contributed by atoms with Crippen molar-refractivity contribution in [3.63, 3.8) is 0 Å². The highest BCUT2D eigenvalue weighted by atomic mass is 35.5. The van der Waals surface area contributed by atoms with Gasteiger partial charge in [0.15, 0.2) is 0 Å². The first-order valence-corrected chi connectivity index (χ1v) is 4.45. The molecule has 76 valence electrons. The van der Waals surface area contributed by atoms with E-state index < -0.39 is 6.09 Å². The summed E-state index contributed by atoms with van der Waals surface area (Å²) < 4.78 is 0. The van der Waals surface area contributed by atoms with Crippen molar-refractivity contribution in [2.45, 2.75) is 13.1 Å². The molecule has 0 heterocycles. The SMILES string of the molecule is NCc1cc(Cl)ccc1CNC(=O)O. The van der Waals surface area contributed by atoms with Crippen LogP contribution in [0.3, 0.4) is 0 Å². The van der Waals surface area contributed by atoms with Crippen LogP contribution in [0.1, 0.15) is 11.1 Å². The van der Waals surface area contributed by atoms with Crippen molar-refractivity contribution in [1.82, 2.24) is 5.32 Å². The second-order valence-corrected chi connectivity index (χ2v) is 3.21. The van der Waals surface area contributed by atoms with Gasteiger partial charge in [0.25, 0.3) is 0 Å². The van der Waals surface area contributed by atoms with Crippen LogP contribution in [-0.2, 0) is 13.1 Å². The molecule has 1 rings (SSSR count). The first kappa shape index (κ1) is 10.8. The summed E-state index contributed by atoms with van der Waals surface area (Å²) >= 11 is 5.77. The van der Waals surface area contributed by atoms with Gasteiger partial charge in [-0.1, -0.05) is 17.7 Å². The van der Waals surface area contributed by atoms with Crippen LogP contribution in [0, 0.1) is 0 Å². The first-order chi connectivity index (χ1) is 6.63. The quantitative estimate of drug-likeness (QED) is 0.715. The Kier molecular flexibility index (Phi) is 3.73. The molecule has 0 bridgehead atoms. The summed E-state index contributed by atoms with van der Waals surface area (Å²) in [5.41, 5.74) is 7.19. The zero-order valence-corrected chi connectivity index (χ0v) is 8.21. The maximum atomic E-state index is 10.3. The van der Waals surface area contributed by atoms with Crippen molar-refractivity contribution in [2.24, 2.45) is 5.73 Å². The van der Waals surface area contributed by atoms with Crippen molar-refractivity contribution in [3.05, 3.63) is 34.3 Å². The fraction of sp³-hybridized carbons (Fsp3) is 0.222. The van der Waals surface area contributed by atoms with E-state index in [1.807, 2.05) is 0 Å². The molecule has 0 saturated carbocycles. The summed E-state index contributed by atoms with van der Waals surface area (Å²) in [5.74, 6) is 0. The van der Waals surface area contributed by atoms with E-state index in [1.165, 1.54) is 0 Å². The average molecular weight is 215 g/mol. The molecule has 0 fully saturated rings. The van der Waals surface area contributed by atoms with Crippen LogP contribution in [0.5, 0.6) is 0 Å². The standard InChI is InChI=1S/C9H11ClN2O2/c10-8-2-1-6(5-12-9(13)14)7(3-8)4-11/h1-3,12H,4-5,11H2,(H,13,14). The van der Waals surface area contributed by atoms with Gasteiger partial charge in [-0.2, -0.15) is 0 Å². The molecule has 0 aliphatic rings. The van der Waals surface area contributed by atoms with E-state index in [-0.39, 0.29) is 6.54 Å². The molecule has 1 aromatic rings. The van der Waals surface area contributed by atoms with Gasteiger partial charge in [-0.3, -0.25) is 0 Å². The molecule has 14 heavy (non-hydrogen) atoms. The van der Waals surface area contributed by atoms with Crippen LogP contribution < -0.4 is 11.1 Å². The molecule has 0 radical (unpaired) electrons. The fourth-order valence-corrected chi connectivity index (χ4v) is 1.32. The normalized spacial score (nSPS) is 9.86. The molecule has 1 aromatic carbocycles. The minimum Gasteiger partial charge on any atom is -0.465 e. The zero-order chi connectivity index (χ0) is 10.6. The van der Waals surface area contributed by atoms with E-state index in [4.69, 9.17) is 22.4 Å². The lowest BCUT2D eigenvalue weighted by Gasteiger charge is -2.07. The van der Waals surface area contributed by atoms with Crippen molar-refractivity contribution in [1.29, 1.82) is 0 Å². The highest BCUT2D eigenvalue weighted by Gasteiger charge is 2.03. The fourth-order valence-electron chi connectivity index (χ4n) is 1.13. The largest absolute Gasteiger partial charge is 0.465 e. The van der Waals surface area contributed by atoms with Gasteiger partial charge in [0.05, 0.1) is 0 Å². The molecule has 0 saturated heterocycles. The van der Waals surface area contributed by atoms with Gasteiger partial charge in [-0.25, -0.2) is 4.79 Å². The Morgan fingerprint density at radius 2 is 2.21 bits per heavy atom. The number of carbonyl (C=O) groups is 1. The number of benzene rings is 1. The van der Waals surface area contributed by atoms with E-state index in [0.717, 1.165) is 11.1 Å². The third-order valence-electron chi connectivity index (χ3n) is 1.82. The monoisotopic (exact) mass is 214 g/mol. The van der Waals surface area contributed by atoms with E-state index in [0.29, 0.717) is 11.6 Å². The smallest absolute Gasteiger partial charge is 0.404 e. The number of rotatable bonds is 3. The lowest BCUT2D eigenvalue weighted by atomic mass is 10.1. The summed E-state index contributed by atoms with van der Waals surface area (Å²) in [7, 11) is 0. The van der Waals surface area contributed by atoms with Crippen molar-refractivity contribution in [2.75, 3.05) is 0 Å². The molecule has 0 unspecified atom stereocenters. The van der Waals surface area contributed by atoms with Gasteiger partial charge in [-0.15, -0.1) is 0 Å². The van der Waals surface area contributed by atoms with Crippen LogP contribution in [0.25, 0.3) is 0 Å². The average Bonchev–Trinajstić information content (AvgIpc) is 2.15. The zero-order valence-electron chi connectivity index (χ0n) is 7.46. The van der Waals surface area contributed by atoms with Crippen LogP contribution >= 0.6 is 11.6 Å². The number of hydrogen-bond acceptors (Lipinski definition) is 2. The summed E-state index contributed by atoms with van der Waals surface area (Å²) in [6.07, 6.45) is -1.05. The molecule has 1 amide bonds. The molecule has 0 atom stereocenters. The molecule has 4 N–H and O–H groups in total. The van der Waals surface area contributed by atoms with Crippen molar-refractivity contribution in [3.8, 4) is 0 Å². The predicted octanol–water partition coefficient (Wildman–Crippen LogP) is 1.57. The minimum atomic E-state index is -1.05. The molecule has 5 heteroatoms. The number of amides is 1. The number of hydrogen-bond donors (Lipinski definition) is 3. The van der Waals surface area contributed by atoms with E-state index >= 15 is 0 Å². The van der Waals surface area contributed by atoms with Crippen molar-refractivity contribution >= 4 is 17.7 Å². The van der Waals surface area contributed by atoms with Crippen LogP contribution in [0.15, 0.2) is 18.2 Å². The third-order valence-corrected chi connectivity index (χ3v) is 2.05. The van der Waals surface area contributed by atoms with E-state index in [9.17, 15) is 4.79 Å². The topological polar surface area (TPSA) is 75.3 Å². The second kappa shape index (κ2) is 4.83. The molecule has 4 nitrogen and oxygen atoms in total. The Labute approximate surface area is 86.7 Å². The Morgan fingerprint density at radius 3 is 2.79 bits per heavy atom. The summed E-state index contributed by atoms with van der Waals surface area (Å²) in [4.78, 5) is 10.3. The minimum absolute atomic E-state index is 0.249. The summed E-state index contributed by atoms with van der Waals surface area (Å²) in [6, 6.07) is 5.21. The number of carboxylic acid groups (broad SMARTS) is 1. The maximum absolute atomic E-state index is 10.3. The lowest BCUT2D eigenvalue weighted by Crippen LogP contribution is -2.21. The summed E-state index contributed by atoms with van der Waals surface area (Å²) in [5, 5.41) is 11.3. The third kappa shape index (κ3) is 2.90. The number of nitrogens with one attached hydrogen (secondary N) is 1. The second-order valence-electron chi connectivity index (χ2n) is 2.78. The molecule has 0 aliphatic heterocycles. The first-order valence-electron chi connectivity index (χ1n) is 4.07. The summed E-state index contributed by atoms with van der Waals surface area (Å²) in [6.45, 7) is 0.593. The van der Waals surface area contributed by atoms with E-state index in [1.54, 1.807) is 18.2 Å². The lowest BCUT2D eigenvalue weighted by molar-refractivity contribution is 0.194. The van der Waals surface area contributed by atoms with Gasteiger partial charge >= 0.3 is 6.09 Å². The Balaban J connectivity index is 2.80. The Hall–Kier alpha value is -1.26. The van der Waals surface area contributed by atoms with Gasteiger partial charge in [0, 0.05) is 18.1 Å².